The molecular weight excluding hydrogens is 374 g/mol. The van der Waals surface area contributed by atoms with Crippen LogP contribution in [0.4, 0.5) is 5.82 Å². The van der Waals surface area contributed by atoms with Gasteiger partial charge >= 0.3 is 0 Å². The lowest BCUT2D eigenvalue weighted by atomic mass is 10.2. The highest BCUT2D eigenvalue weighted by atomic mass is 32.1. The molecule has 0 saturated heterocycles. The van der Waals surface area contributed by atoms with Crippen molar-refractivity contribution in [3.05, 3.63) is 53.4 Å². The van der Waals surface area contributed by atoms with Crippen molar-refractivity contribution in [2.24, 2.45) is 0 Å². The molecule has 0 aliphatic heterocycles. The van der Waals surface area contributed by atoms with Crippen molar-refractivity contribution in [2.75, 3.05) is 5.32 Å². The van der Waals surface area contributed by atoms with Crippen LogP contribution >= 0.6 is 11.3 Å². The van der Waals surface area contributed by atoms with E-state index in [0.29, 0.717) is 31.0 Å². The number of anilines is 1. The maximum Gasteiger partial charge on any atom is 0.225 e. The van der Waals surface area contributed by atoms with Crippen LogP contribution in [0.15, 0.2) is 48.5 Å². The molecule has 0 fully saturated rings. The highest BCUT2D eigenvalue weighted by Crippen LogP contribution is 2.27. The summed E-state index contributed by atoms with van der Waals surface area (Å²) in [5.41, 5.74) is 1.82. The van der Waals surface area contributed by atoms with E-state index in [4.69, 9.17) is 0 Å². The van der Waals surface area contributed by atoms with Crippen molar-refractivity contribution in [1.29, 1.82) is 0 Å². The largest absolute Gasteiger partial charge is 0.309 e. The van der Waals surface area contributed by atoms with Crippen LogP contribution in [-0.4, -0.2) is 36.3 Å². The Balaban J connectivity index is 1.26. The summed E-state index contributed by atoms with van der Waals surface area (Å²) < 4.78 is 0. The summed E-state index contributed by atoms with van der Waals surface area (Å²) >= 11 is 1.68. The molecule has 3 aromatic heterocycles. The number of hydrogen-bond acceptors (Lipinski definition) is 6. The third-order valence-corrected chi connectivity index (χ3v) is 5.13. The number of aromatic nitrogens is 6. The molecule has 4 rings (SSSR count). The van der Waals surface area contributed by atoms with Gasteiger partial charge in [-0.2, -0.15) is 9.90 Å². The van der Waals surface area contributed by atoms with Gasteiger partial charge in [0, 0.05) is 22.9 Å². The van der Waals surface area contributed by atoms with Crippen LogP contribution in [0.2, 0.25) is 0 Å². The monoisotopic (exact) mass is 393 g/mol. The molecular formula is C19H19N7OS. The second-order valence-corrected chi connectivity index (χ2v) is 7.59. The standard InChI is InChI=1S/C19H19N7OS/c1-13-9-10-16(28-13)15-12-17(22-21-15)20-18(27)8-5-11-26-24-19(23-25-26)14-6-3-2-4-7-14/h2-4,6-7,9-10,12H,5,8,11H2,1H3,(H2,20,21,22,27). The number of carbonyl (C=O) groups is 1. The van der Waals surface area contributed by atoms with Crippen molar-refractivity contribution in [1.82, 2.24) is 30.4 Å². The van der Waals surface area contributed by atoms with Crippen LogP contribution in [0.1, 0.15) is 17.7 Å². The number of tetrazole rings is 1. The summed E-state index contributed by atoms with van der Waals surface area (Å²) in [6, 6.07) is 15.6. The highest BCUT2D eigenvalue weighted by molar-refractivity contribution is 7.15. The molecule has 1 amide bonds. The molecule has 0 atom stereocenters. The van der Waals surface area contributed by atoms with Gasteiger partial charge in [0.1, 0.15) is 0 Å². The zero-order chi connectivity index (χ0) is 19.3. The fourth-order valence-corrected chi connectivity index (χ4v) is 3.55. The number of nitrogens with one attached hydrogen (secondary N) is 2. The normalized spacial score (nSPS) is 10.9. The number of thiophene rings is 1. The van der Waals surface area contributed by atoms with E-state index in [1.165, 1.54) is 9.67 Å². The molecule has 0 unspecified atom stereocenters. The lowest BCUT2D eigenvalue weighted by Gasteiger charge is -2.01. The van der Waals surface area contributed by atoms with Gasteiger partial charge in [0.25, 0.3) is 0 Å². The van der Waals surface area contributed by atoms with Gasteiger partial charge in [-0.3, -0.25) is 9.89 Å². The van der Waals surface area contributed by atoms with Crippen LogP contribution in [0.25, 0.3) is 22.0 Å². The number of nitrogens with zero attached hydrogens (tertiary/aromatic N) is 5. The van der Waals surface area contributed by atoms with E-state index >= 15 is 0 Å². The predicted octanol–water partition coefficient (Wildman–Crippen LogP) is 3.52. The van der Waals surface area contributed by atoms with E-state index in [2.05, 4.69) is 43.9 Å². The average Bonchev–Trinajstić information content (AvgIpc) is 3.44. The molecule has 142 valence electrons. The van der Waals surface area contributed by atoms with E-state index in [1.807, 2.05) is 42.5 Å². The first-order chi connectivity index (χ1) is 13.7. The molecule has 3 heterocycles. The Hall–Kier alpha value is -3.33. The number of rotatable bonds is 7. The van der Waals surface area contributed by atoms with Gasteiger partial charge in [-0.1, -0.05) is 30.3 Å². The quantitative estimate of drug-likeness (QED) is 0.500. The zero-order valence-corrected chi connectivity index (χ0v) is 16.1. The third-order valence-electron chi connectivity index (χ3n) is 4.10. The molecule has 0 aliphatic carbocycles. The Morgan fingerprint density at radius 1 is 1.21 bits per heavy atom. The lowest BCUT2D eigenvalue weighted by molar-refractivity contribution is -0.116. The number of aryl methyl sites for hydroxylation is 2. The number of hydrogen-bond donors (Lipinski definition) is 2. The Kier molecular flexibility index (Phi) is 5.24. The van der Waals surface area contributed by atoms with Crippen LogP contribution in [0.5, 0.6) is 0 Å². The first-order valence-electron chi connectivity index (χ1n) is 8.93. The molecule has 2 N–H and O–H groups in total. The SMILES string of the molecule is Cc1ccc(-c2cc(NC(=O)CCCn3nnc(-c4ccccc4)n3)n[nH]2)s1. The number of H-pyrrole nitrogens is 1. The van der Waals surface area contributed by atoms with Gasteiger partial charge in [-0.05, 0) is 30.7 Å². The molecule has 28 heavy (non-hydrogen) atoms. The molecule has 9 heteroatoms. The van der Waals surface area contributed by atoms with E-state index in [9.17, 15) is 4.79 Å². The van der Waals surface area contributed by atoms with Crippen LogP contribution in [0, 0.1) is 6.92 Å². The number of amides is 1. The topological polar surface area (TPSA) is 101 Å². The molecule has 0 spiro atoms. The smallest absolute Gasteiger partial charge is 0.225 e. The maximum absolute atomic E-state index is 12.2. The fourth-order valence-electron chi connectivity index (χ4n) is 2.72. The number of aromatic amines is 1. The second kappa shape index (κ2) is 8.13. The van der Waals surface area contributed by atoms with Crippen molar-refractivity contribution in [3.63, 3.8) is 0 Å². The summed E-state index contributed by atoms with van der Waals surface area (Å²) in [6.07, 6.45) is 0.959. The summed E-state index contributed by atoms with van der Waals surface area (Å²) in [7, 11) is 0. The Morgan fingerprint density at radius 2 is 2.07 bits per heavy atom. The zero-order valence-electron chi connectivity index (χ0n) is 15.3. The second-order valence-electron chi connectivity index (χ2n) is 6.30. The Morgan fingerprint density at radius 3 is 2.86 bits per heavy atom. The average molecular weight is 393 g/mol. The lowest BCUT2D eigenvalue weighted by Crippen LogP contribution is -2.13. The van der Waals surface area contributed by atoms with Crippen molar-refractivity contribution in [3.8, 4) is 22.0 Å². The van der Waals surface area contributed by atoms with Crippen LogP contribution < -0.4 is 5.32 Å². The minimum Gasteiger partial charge on any atom is -0.309 e. The van der Waals surface area contributed by atoms with Crippen molar-refractivity contribution >= 4 is 23.1 Å². The molecule has 0 aliphatic rings. The molecule has 0 radical (unpaired) electrons. The predicted molar refractivity (Wildman–Crippen MR) is 108 cm³/mol. The summed E-state index contributed by atoms with van der Waals surface area (Å²) in [5, 5.41) is 22.4. The van der Waals surface area contributed by atoms with Crippen molar-refractivity contribution in [2.45, 2.75) is 26.3 Å². The minimum absolute atomic E-state index is 0.0937. The number of benzene rings is 1. The van der Waals surface area contributed by atoms with Gasteiger partial charge in [0.2, 0.25) is 11.7 Å². The Labute approximate surface area is 165 Å². The number of carbonyl (C=O) groups excluding carboxylic acids is 1. The first-order valence-corrected chi connectivity index (χ1v) is 9.74. The van der Waals surface area contributed by atoms with Gasteiger partial charge in [0.15, 0.2) is 5.82 Å². The summed E-state index contributed by atoms with van der Waals surface area (Å²) in [4.78, 5) is 16.0. The van der Waals surface area contributed by atoms with Crippen molar-refractivity contribution < 1.29 is 4.79 Å². The van der Waals surface area contributed by atoms with Crippen LogP contribution in [-0.2, 0) is 11.3 Å². The molecule has 0 saturated carbocycles. The van der Waals surface area contributed by atoms with E-state index in [0.717, 1.165) is 16.1 Å². The minimum atomic E-state index is -0.0937. The van der Waals surface area contributed by atoms with E-state index in [-0.39, 0.29) is 5.91 Å². The highest BCUT2D eigenvalue weighted by Gasteiger charge is 2.10. The molecule has 8 nitrogen and oxygen atoms in total. The van der Waals surface area contributed by atoms with Gasteiger partial charge in [0.05, 0.1) is 17.1 Å². The third kappa shape index (κ3) is 4.32. The summed E-state index contributed by atoms with van der Waals surface area (Å²) in [6.45, 7) is 2.58. The molecule has 4 aromatic rings. The Bertz CT molecular complexity index is 1070. The fraction of sp³-hybridized carbons (Fsp3) is 0.211. The first kappa shape index (κ1) is 18.1. The van der Waals surface area contributed by atoms with Gasteiger partial charge in [-0.15, -0.1) is 21.5 Å². The van der Waals surface area contributed by atoms with E-state index in [1.54, 1.807) is 11.3 Å². The summed E-state index contributed by atoms with van der Waals surface area (Å²) in [5.74, 6) is 1.01. The van der Waals surface area contributed by atoms with E-state index < -0.39 is 0 Å². The van der Waals surface area contributed by atoms with Gasteiger partial charge in [-0.25, -0.2) is 0 Å². The van der Waals surface area contributed by atoms with Gasteiger partial charge < -0.3 is 5.32 Å². The maximum atomic E-state index is 12.2. The molecule has 1 aromatic carbocycles. The van der Waals surface area contributed by atoms with Crippen LogP contribution in [0.3, 0.4) is 0 Å². The molecule has 0 bridgehead atoms.